The van der Waals surface area contributed by atoms with Crippen LogP contribution in [-0.4, -0.2) is 10.6 Å². The summed E-state index contributed by atoms with van der Waals surface area (Å²) in [4.78, 5) is 12.6. The van der Waals surface area contributed by atoms with Crippen molar-refractivity contribution in [1.82, 2.24) is 4.68 Å². The van der Waals surface area contributed by atoms with Crippen LogP contribution in [0.25, 0.3) is 16.8 Å². The van der Waals surface area contributed by atoms with Crippen molar-refractivity contribution in [2.45, 2.75) is 20.5 Å². The Kier molecular flexibility index (Phi) is 6.05. The predicted octanol–water partition coefficient (Wildman–Crippen LogP) is 5.51. The van der Waals surface area contributed by atoms with Gasteiger partial charge in [0.05, 0.1) is 0 Å². The van der Waals surface area contributed by atoms with Crippen LogP contribution in [-0.2, 0) is 11.4 Å². The largest absolute Gasteiger partial charge is 0.489 e. The van der Waals surface area contributed by atoms with Crippen LogP contribution in [0.3, 0.4) is 0 Å². The normalized spacial score (nSPS) is 11.2. The van der Waals surface area contributed by atoms with Crippen LogP contribution >= 0.6 is 0 Å². The Morgan fingerprint density at radius 1 is 1.00 bits per heavy atom. The summed E-state index contributed by atoms with van der Waals surface area (Å²) < 4.78 is 7.68. The molecule has 0 saturated carbocycles. The molecule has 0 spiro atoms. The van der Waals surface area contributed by atoms with E-state index in [-0.39, 0.29) is 5.57 Å². The van der Waals surface area contributed by atoms with Gasteiger partial charge in [-0.25, -0.2) is 0 Å². The molecule has 0 saturated heterocycles. The first-order chi connectivity index (χ1) is 15.5. The Morgan fingerprint density at radius 3 is 2.50 bits per heavy atom. The minimum atomic E-state index is -0.461. The van der Waals surface area contributed by atoms with E-state index in [4.69, 9.17) is 4.74 Å². The predicted molar refractivity (Wildman–Crippen MR) is 127 cm³/mol. The quantitative estimate of drug-likeness (QED) is 0.329. The van der Waals surface area contributed by atoms with E-state index in [9.17, 15) is 10.1 Å². The van der Waals surface area contributed by atoms with Gasteiger partial charge in [0.1, 0.15) is 24.0 Å². The molecule has 1 heterocycles. The fourth-order valence-electron chi connectivity index (χ4n) is 3.60. The number of fused-ring (bicyclic) bond motifs is 1. The summed E-state index contributed by atoms with van der Waals surface area (Å²) in [5.74, 6) is 0.207. The Bertz CT molecular complexity index is 1330. The zero-order valence-corrected chi connectivity index (χ0v) is 18.0. The Labute approximate surface area is 187 Å². The summed E-state index contributed by atoms with van der Waals surface area (Å²) in [5, 5.41) is 11.9. The summed E-state index contributed by atoms with van der Waals surface area (Å²) in [6.45, 7) is 4.20. The van der Waals surface area contributed by atoms with Gasteiger partial charge in [-0.05, 0) is 66.1 Å². The van der Waals surface area contributed by atoms with Crippen molar-refractivity contribution >= 4 is 22.8 Å². The van der Waals surface area contributed by atoms with Crippen molar-refractivity contribution in [3.05, 3.63) is 107 Å². The molecule has 5 nitrogen and oxygen atoms in total. The Hall–Kier alpha value is -4.30. The van der Waals surface area contributed by atoms with Crippen LogP contribution in [0.15, 0.2) is 84.4 Å². The topological polar surface area (TPSA) is 67.0 Å². The molecule has 5 heteroatoms. The van der Waals surface area contributed by atoms with Gasteiger partial charge in [0.15, 0.2) is 0 Å². The van der Waals surface area contributed by atoms with Gasteiger partial charge >= 0.3 is 0 Å². The number of nitrogens with one attached hydrogen (secondary N) is 1. The number of ether oxygens (including phenoxy) is 1. The lowest BCUT2D eigenvalue weighted by molar-refractivity contribution is -0.113. The summed E-state index contributed by atoms with van der Waals surface area (Å²) in [6, 6.07) is 27.5. The average Bonchev–Trinajstić information content (AvgIpc) is 3.13. The maximum Gasteiger partial charge on any atom is 0.280 e. The smallest absolute Gasteiger partial charge is 0.280 e. The molecule has 0 atom stereocenters. The number of aromatic nitrogens is 1. The van der Waals surface area contributed by atoms with Crippen molar-refractivity contribution in [2.24, 2.45) is 0 Å². The molecule has 1 aromatic heterocycles. The van der Waals surface area contributed by atoms with E-state index in [1.165, 1.54) is 5.39 Å². The molecule has 3 aromatic carbocycles. The molecule has 1 amide bonds. The van der Waals surface area contributed by atoms with E-state index in [1.807, 2.05) is 74.5 Å². The fourth-order valence-corrected chi connectivity index (χ4v) is 3.60. The number of nitrogens with zero attached hydrogens (tertiary/aromatic N) is 2. The number of nitriles is 1. The van der Waals surface area contributed by atoms with Crippen molar-refractivity contribution < 1.29 is 9.53 Å². The van der Waals surface area contributed by atoms with Crippen molar-refractivity contribution in [1.29, 1.82) is 5.26 Å². The molecule has 0 fully saturated rings. The second-order valence-electron chi connectivity index (χ2n) is 7.56. The number of benzene rings is 3. The summed E-state index contributed by atoms with van der Waals surface area (Å²) in [7, 11) is 0. The highest BCUT2D eigenvalue weighted by Gasteiger charge is 2.12. The number of carbonyl (C=O) groups is 1. The van der Waals surface area contributed by atoms with Gasteiger partial charge in [0.25, 0.3) is 5.91 Å². The highest BCUT2D eigenvalue weighted by molar-refractivity contribution is 6.06. The molecule has 0 aliphatic carbocycles. The van der Waals surface area contributed by atoms with Crippen LogP contribution in [0.1, 0.15) is 22.5 Å². The van der Waals surface area contributed by atoms with Crippen LogP contribution < -0.4 is 10.2 Å². The van der Waals surface area contributed by atoms with E-state index < -0.39 is 5.91 Å². The third-order valence-corrected chi connectivity index (χ3v) is 5.29. The lowest BCUT2D eigenvalue weighted by Gasteiger charge is -2.11. The first-order valence-corrected chi connectivity index (χ1v) is 10.3. The monoisotopic (exact) mass is 421 g/mol. The number of carbonyl (C=O) groups excluding carboxylic acids is 1. The van der Waals surface area contributed by atoms with Gasteiger partial charge in [-0.15, -0.1) is 0 Å². The fraction of sp³-hybridized carbons (Fsp3) is 0.111. The number of amides is 1. The number of hydrogen-bond donors (Lipinski definition) is 1. The van der Waals surface area contributed by atoms with Crippen LogP contribution in [0.5, 0.6) is 5.75 Å². The molecule has 0 aliphatic heterocycles. The molecule has 0 aliphatic rings. The molecular weight excluding hydrogens is 398 g/mol. The van der Waals surface area contributed by atoms with E-state index in [1.54, 1.807) is 10.8 Å². The SMILES string of the molecule is Cc1ccc(C)n1NC(=O)/C(C#N)=C/c1cccc(OCc2cccc3ccccc23)c1. The standard InChI is InChI=1S/C27H23N3O2/c1-19-13-14-20(2)30(19)29-27(31)24(17-28)15-21-7-5-11-25(16-21)32-18-23-10-6-9-22-8-3-4-12-26(22)23/h3-16H,18H2,1-2H3,(H,29,31)/b24-15+. The van der Waals surface area contributed by atoms with E-state index in [0.717, 1.165) is 22.3 Å². The molecule has 158 valence electrons. The van der Waals surface area contributed by atoms with Gasteiger partial charge in [-0.3, -0.25) is 14.9 Å². The highest BCUT2D eigenvalue weighted by atomic mass is 16.5. The second-order valence-corrected chi connectivity index (χ2v) is 7.56. The molecule has 0 bridgehead atoms. The summed E-state index contributed by atoms with van der Waals surface area (Å²) in [5.41, 5.74) is 6.36. The zero-order valence-electron chi connectivity index (χ0n) is 18.0. The molecular formula is C27H23N3O2. The third kappa shape index (κ3) is 4.55. The zero-order chi connectivity index (χ0) is 22.5. The Morgan fingerprint density at radius 2 is 1.72 bits per heavy atom. The lowest BCUT2D eigenvalue weighted by atomic mass is 10.1. The molecule has 0 unspecified atom stereocenters. The minimum absolute atomic E-state index is 0.0173. The number of rotatable bonds is 6. The van der Waals surface area contributed by atoms with Gasteiger partial charge in [-0.1, -0.05) is 54.6 Å². The highest BCUT2D eigenvalue weighted by Crippen LogP contribution is 2.22. The first-order valence-electron chi connectivity index (χ1n) is 10.3. The van der Waals surface area contributed by atoms with Crippen molar-refractivity contribution in [3.63, 3.8) is 0 Å². The second kappa shape index (κ2) is 9.23. The van der Waals surface area contributed by atoms with E-state index in [2.05, 4.69) is 29.7 Å². The van der Waals surface area contributed by atoms with Gasteiger partial charge in [0, 0.05) is 11.4 Å². The Balaban J connectivity index is 1.51. The van der Waals surface area contributed by atoms with Crippen molar-refractivity contribution in [3.8, 4) is 11.8 Å². The third-order valence-electron chi connectivity index (χ3n) is 5.29. The van der Waals surface area contributed by atoms with Crippen LogP contribution in [0, 0.1) is 25.2 Å². The molecule has 4 rings (SSSR count). The number of aryl methyl sites for hydroxylation is 2. The van der Waals surface area contributed by atoms with Gasteiger partial charge in [-0.2, -0.15) is 5.26 Å². The maximum atomic E-state index is 12.6. The van der Waals surface area contributed by atoms with Crippen LogP contribution in [0.2, 0.25) is 0 Å². The summed E-state index contributed by atoms with van der Waals surface area (Å²) >= 11 is 0. The summed E-state index contributed by atoms with van der Waals surface area (Å²) in [6.07, 6.45) is 1.56. The first kappa shape index (κ1) is 21.0. The molecule has 4 aromatic rings. The van der Waals surface area contributed by atoms with Gasteiger partial charge in [0.2, 0.25) is 0 Å². The van der Waals surface area contributed by atoms with Gasteiger partial charge < -0.3 is 4.74 Å². The number of hydrogen-bond acceptors (Lipinski definition) is 3. The average molecular weight is 422 g/mol. The van der Waals surface area contributed by atoms with Crippen molar-refractivity contribution in [2.75, 3.05) is 5.43 Å². The molecule has 0 radical (unpaired) electrons. The van der Waals surface area contributed by atoms with E-state index in [0.29, 0.717) is 17.9 Å². The molecule has 32 heavy (non-hydrogen) atoms. The van der Waals surface area contributed by atoms with Crippen LogP contribution in [0.4, 0.5) is 0 Å². The lowest BCUT2D eigenvalue weighted by Crippen LogP contribution is -2.25. The maximum absolute atomic E-state index is 12.6. The van der Waals surface area contributed by atoms with E-state index >= 15 is 0 Å². The molecule has 1 N–H and O–H groups in total. The minimum Gasteiger partial charge on any atom is -0.489 e.